The van der Waals surface area contributed by atoms with E-state index in [1.54, 1.807) is 12.1 Å². The van der Waals surface area contributed by atoms with Gasteiger partial charge in [-0.05, 0) is 39.2 Å². The number of nitrogens with zero attached hydrogens (tertiary/aromatic N) is 3. The lowest BCUT2D eigenvalue weighted by molar-refractivity contribution is 0.0952. The zero-order valence-electron chi connectivity index (χ0n) is 10.6. The van der Waals surface area contributed by atoms with Gasteiger partial charge in [-0.25, -0.2) is 0 Å². The van der Waals surface area contributed by atoms with Crippen LogP contribution in [0.1, 0.15) is 22.5 Å². The second-order valence-corrected chi connectivity index (χ2v) is 4.13. The van der Waals surface area contributed by atoms with Crippen molar-refractivity contribution in [2.75, 3.05) is 27.2 Å². The van der Waals surface area contributed by atoms with E-state index in [-0.39, 0.29) is 5.91 Å². The van der Waals surface area contributed by atoms with Crippen LogP contribution in [0.5, 0.6) is 0 Å². The van der Waals surface area contributed by atoms with Gasteiger partial charge in [-0.15, -0.1) is 0 Å². The minimum absolute atomic E-state index is 0.149. The average Bonchev–Trinajstić information content (AvgIpc) is 2.35. The molecule has 0 atom stereocenters. The molecule has 6 heteroatoms. The summed E-state index contributed by atoms with van der Waals surface area (Å²) in [6, 6.07) is 3.19. The van der Waals surface area contributed by atoms with Crippen molar-refractivity contribution in [1.82, 2.24) is 15.2 Å². The number of amides is 1. The number of carbonyl (C=O) groups is 1. The molecule has 1 rings (SSSR count). The zero-order valence-corrected chi connectivity index (χ0v) is 10.6. The van der Waals surface area contributed by atoms with E-state index in [4.69, 9.17) is 5.21 Å². The Morgan fingerprint density at radius 3 is 3.06 bits per heavy atom. The monoisotopic (exact) mass is 250 g/mol. The van der Waals surface area contributed by atoms with E-state index in [1.807, 2.05) is 14.1 Å². The molecule has 1 heterocycles. The average molecular weight is 250 g/mol. The summed E-state index contributed by atoms with van der Waals surface area (Å²) in [6.45, 7) is 1.56. The van der Waals surface area contributed by atoms with Crippen LogP contribution in [0.25, 0.3) is 0 Å². The summed E-state index contributed by atoms with van der Waals surface area (Å²) in [5.74, 6) is -0.149. The zero-order chi connectivity index (χ0) is 13.4. The van der Waals surface area contributed by atoms with Crippen molar-refractivity contribution in [3.63, 3.8) is 0 Å². The van der Waals surface area contributed by atoms with Gasteiger partial charge in [0.1, 0.15) is 0 Å². The van der Waals surface area contributed by atoms with Gasteiger partial charge in [0.05, 0.1) is 11.9 Å². The SMILES string of the molecule is CN(C)CCCNC(=O)c1ccnc(/C=N\O)c1. The van der Waals surface area contributed by atoms with Crippen molar-refractivity contribution in [2.24, 2.45) is 5.16 Å². The normalized spacial score (nSPS) is 11.1. The molecule has 0 radical (unpaired) electrons. The Hall–Kier alpha value is -1.95. The van der Waals surface area contributed by atoms with Crippen LogP contribution in [-0.2, 0) is 0 Å². The smallest absolute Gasteiger partial charge is 0.251 e. The first-order valence-corrected chi connectivity index (χ1v) is 5.70. The fourth-order valence-electron chi connectivity index (χ4n) is 1.42. The first-order valence-electron chi connectivity index (χ1n) is 5.70. The molecule has 0 unspecified atom stereocenters. The van der Waals surface area contributed by atoms with Crippen LogP contribution < -0.4 is 5.32 Å². The molecule has 2 N–H and O–H groups in total. The summed E-state index contributed by atoms with van der Waals surface area (Å²) in [5, 5.41) is 14.1. The second kappa shape index (κ2) is 7.39. The fourth-order valence-corrected chi connectivity index (χ4v) is 1.42. The van der Waals surface area contributed by atoms with E-state index in [0.29, 0.717) is 17.8 Å². The van der Waals surface area contributed by atoms with Crippen LogP contribution in [0.3, 0.4) is 0 Å². The van der Waals surface area contributed by atoms with Crippen molar-refractivity contribution in [1.29, 1.82) is 0 Å². The maximum absolute atomic E-state index is 11.8. The highest BCUT2D eigenvalue weighted by Gasteiger charge is 2.05. The highest BCUT2D eigenvalue weighted by atomic mass is 16.4. The maximum atomic E-state index is 11.8. The number of nitrogens with one attached hydrogen (secondary N) is 1. The quantitative estimate of drug-likeness (QED) is 0.335. The summed E-state index contributed by atoms with van der Waals surface area (Å²) in [4.78, 5) is 17.8. The number of oxime groups is 1. The van der Waals surface area contributed by atoms with E-state index in [9.17, 15) is 4.79 Å². The molecule has 0 saturated carbocycles. The molecule has 0 aliphatic carbocycles. The van der Waals surface area contributed by atoms with Gasteiger partial charge in [0, 0.05) is 18.3 Å². The van der Waals surface area contributed by atoms with Crippen molar-refractivity contribution < 1.29 is 10.0 Å². The lowest BCUT2D eigenvalue weighted by Crippen LogP contribution is -2.27. The Labute approximate surface area is 106 Å². The molecule has 6 nitrogen and oxygen atoms in total. The number of carbonyl (C=O) groups excluding carboxylic acids is 1. The Morgan fingerprint density at radius 1 is 1.61 bits per heavy atom. The third kappa shape index (κ3) is 4.92. The summed E-state index contributed by atoms with van der Waals surface area (Å²) in [6.07, 6.45) is 3.59. The first kappa shape index (κ1) is 14.1. The van der Waals surface area contributed by atoms with Crippen molar-refractivity contribution >= 4 is 12.1 Å². The molecule has 18 heavy (non-hydrogen) atoms. The van der Waals surface area contributed by atoms with Crippen LogP contribution in [0.2, 0.25) is 0 Å². The lowest BCUT2D eigenvalue weighted by Gasteiger charge is -2.09. The summed E-state index contributed by atoms with van der Waals surface area (Å²) in [7, 11) is 3.98. The molecular formula is C12H18N4O2. The Morgan fingerprint density at radius 2 is 2.39 bits per heavy atom. The van der Waals surface area contributed by atoms with E-state index >= 15 is 0 Å². The molecule has 1 aromatic rings. The molecule has 0 fully saturated rings. The van der Waals surface area contributed by atoms with Crippen LogP contribution in [0.4, 0.5) is 0 Å². The summed E-state index contributed by atoms with van der Waals surface area (Å²) in [5.41, 5.74) is 0.947. The van der Waals surface area contributed by atoms with E-state index < -0.39 is 0 Å². The third-order valence-corrected chi connectivity index (χ3v) is 2.30. The van der Waals surface area contributed by atoms with Gasteiger partial charge >= 0.3 is 0 Å². The molecule has 0 saturated heterocycles. The van der Waals surface area contributed by atoms with Gasteiger partial charge in [-0.1, -0.05) is 5.16 Å². The van der Waals surface area contributed by atoms with E-state index in [1.165, 1.54) is 12.4 Å². The minimum atomic E-state index is -0.149. The Bertz CT molecular complexity index is 418. The number of hydrogen-bond donors (Lipinski definition) is 2. The molecule has 0 aromatic carbocycles. The van der Waals surface area contributed by atoms with Gasteiger partial charge in [0.25, 0.3) is 5.91 Å². The number of pyridine rings is 1. The third-order valence-electron chi connectivity index (χ3n) is 2.30. The predicted octanol–water partition coefficient (Wildman–Crippen LogP) is 0.571. The van der Waals surface area contributed by atoms with Crippen molar-refractivity contribution in [2.45, 2.75) is 6.42 Å². The van der Waals surface area contributed by atoms with Crippen LogP contribution in [0.15, 0.2) is 23.5 Å². The highest BCUT2D eigenvalue weighted by Crippen LogP contribution is 2.00. The van der Waals surface area contributed by atoms with Gasteiger partial charge in [-0.2, -0.15) is 0 Å². The van der Waals surface area contributed by atoms with Crippen molar-refractivity contribution in [3.8, 4) is 0 Å². The van der Waals surface area contributed by atoms with Gasteiger partial charge < -0.3 is 15.4 Å². The number of aromatic nitrogens is 1. The molecule has 1 amide bonds. The largest absolute Gasteiger partial charge is 0.411 e. The lowest BCUT2D eigenvalue weighted by atomic mass is 10.2. The number of hydrogen-bond acceptors (Lipinski definition) is 5. The minimum Gasteiger partial charge on any atom is -0.411 e. The Balaban J connectivity index is 2.48. The molecular weight excluding hydrogens is 232 g/mol. The molecule has 0 aliphatic rings. The van der Waals surface area contributed by atoms with Crippen LogP contribution in [-0.4, -0.2) is 54.4 Å². The van der Waals surface area contributed by atoms with Crippen LogP contribution >= 0.6 is 0 Å². The Kier molecular flexibility index (Phi) is 5.79. The molecule has 98 valence electrons. The molecule has 0 bridgehead atoms. The molecule has 0 aliphatic heterocycles. The standard InChI is InChI=1S/C12H18N4O2/c1-16(2)7-3-5-14-12(17)10-4-6-13-11(8-10)9-15-18/h4,6,8-9,18H,3,5,7H2,1-2H3,(H,14,17)/b15-9-. The highest BCUT2D eigenvalue weighted by molar-refractivity contribution is 5.95. The number of rotatable bonds is 6. The molecule has 0 spiro atoms. The summed E-state index contributed by atoms with van der Waals surface area (Å²) >= 11 is 0. The van der Waals surface area contributed by atoms with Gasteiger partial charge in [0.2, 0.25) is 0 Å². The topological polar surface area (TPSA) is 77.8 Å². The van der Waals surface area contributed by atoms with Gasteiger partial charge in [0.15, 0.2) is 0 Å². The van der Waals surface area contributed by atoms with E-state index in [2.05, 4.69) is 20.4 Å². The maximum Gasteiger partial charge on any atom is 0.251 e. The predicted molar refractivity (Wildman–Crippen MR) is 69.1 cm³/mol. The molecule has 1 aromatic heterocycles. The fraction of sp³-hybridized carbons (Fsp3) is 0.417. The summed E-state index contributed by atoms with van der Waals surface area (Å²) < 4.78 is 0. The van der Waals surface area contributed by atoms with Gasteiger partial charge in [-0.3, -0.25) is 9.78 Å². The van der Waals surface area contributed by atoms with Crippen molar-refractivity contribution in [3.05, 3.63) is 29.6 Å². The first-order chi connectivity index (χ1) is 8.63. The second-order valence-electron chi connectivity index (χ2n) is 4.13. The van der Waals surface area contributed by atoms with E-state index in [0.717, 1.165) is 13.0 Å². The van der Waals surface area contributed by atoms with Crippen LogP contribution in [0, 0.1) is 0 Å².